The molecule has 0 saturated heterocycles. The SMILES string of the molecule is NCC1c2ccccc2-c2ccc(Oc3ccc4c5ccc(Oc6ccc7c(c6)C(CN)c6ccccc6-7)cc5n(-c5nccnn5)c4c3)cc21. The summed E-state index contributed by atoms with van der Waals surface area (Å²) in [5.41, 5.74) is 24.1. The first-order valence-corrected chi connectivity index (χ1v) is 17.1. The van der Waals surface area contributed by atoms with Crippen LogP contribution in [0.3, 0.4) is 0 Å². The van der Waals surface area contributed by atoms with E-state index in [4.69, 9.17) is 20.9 Å². The van der Waals surface area contributed by atoms with Crippen molar-refractivity contribution in [3.05, 3.63) is 156 Å². The highest BCUT2D eigenvalue weighted by Crippen LogP contribution is 2.47. The van der Waals surface area contributed by atoms with Crippen LogP contribution in [0.4, 0.5) is 0 Å². The fourth-order valence-electron chi connectivity index (χ4n) is 8.15. The van der Waals surface area contributed by atoms with Gasteiger partial charge in [-0.15, -0.1) is 5.10 Å². The number of nitrogens with two attached hydrogens (primary N) is 2. The van der Waals surface area contributed by atoms with Gasteiger partial charge in [0.2, 0.25) is 0 Å². The van der Waals surface area contributed by atoms with Gasteiger partial charge >= 0.3 is 0 Å². The summed E-state index contributed by atoms with van der Waals surface area (Å²) >= 11 is 0. The largest absolute Gasteiger partial charge is 0.457 e. The van der Waals surface area contributed by atoms with Gasteiger partial charge in [0.15, 0.2) is 0 Å². The molecule has 8 nitrogen and oxygen atoms in total. The lowest BCUT2D eigenvalue weighted by Crippen LogP contribution is -2.11. The third-order valence-electron chi connectivity index (χ3n) is 10.4. The zero-order chi connectivity index (χ0) is 34.1. The Morgan fingerprint density at radius 1 is 0.510 bits per heavy atom. The molecule has 6 aromatic carbocycles. The van der Waals surface area contributed by atoms with E-state index < -0.39 is 0 Å². The van der Waals surface area contributed by atoms with Crippen molar-refractivity contribution in [2.24, 2.45) is 11.5 Å². The number of nitrogens with zero attached hydrogens (tertiary/aromatic N) is 4. The molecule has 0 bridgehead atoms. The van der Waals surface area contributed by atoms with E-state index in [1.165, 1.54) is 44.5 Å². The van der Waals surface area contributed by atoms with Gasteiger partial charge in [0.1, 0.15) is 23.0 Å². The Bertz CT molecular complexity index is 2490. The summed E-state index contributed by atoms with van der Waals surface area (Å²) < 4.78 is 15.1. The number of fused-ring (bicyclic) bond motifs is 9. The highest BCUT2D eigenvalue weighted by molar-refractivity contribution is 6.09. The molecule has 2 heterocycles. The standard InChI is InChI=1S/C43H32N6O2/c44-23-39-31-7-3-1-5-29(31)33-13-9-25(19-37(33)39)50-27-11-15-35-36-16-12-28(22-42(36)49(41(35)21-27)43-46-17-18-47-48-43)51-26-10-14-34-30-6-2-4-8-32(30)40(24-45)38(34)20-26/h1-22,39-40H,23-24,44-45H2. The summed E-state index contributed by atoms with van der Waals surface area (Å²) in [5, 5.41) is 10.6. The Hall–Kier alpha value is -6.35. The molecule has 10 rings (SSSR count). The number of hydrogen-bond donors (Lipinski definition) is 2. The van der Waals surface area contributed by atoms with Crippen molar-refractivity contribution in [2.45, 2.75) is 11.8 Å². The molecule has 0 radical (unpaired) electrons. The van der Waals surface area contributed by atoms with Crippen LogP contribution in [0.25, 0.3) is 50.0 Å². The first-order chi connectivity index (χ1) is 25.2. The van der Waals surface area contributed by atoms with E-state index in [0.29, 0.717) is 30.5 Å². The number of hydrogen-bond acceptors (Lipinski definition) is 7. The van der Waals surface area contributed by atoms with Crippen LogP contribution >= 0.6 is 0 Å². The Balaban J connectivity index is 1.03. The summed E-state index contributed by atoms with van der Waals surface area (Å²) in [6.45, 7) is 1.07. The fraction of sp³-hybridized carbons (Fsp3) is 0.0930. The lowest BCUT2D eigenvalue weighted by Gasteiger charge is -2.13. The Kier molecular flexibility index (Phi) is 6.74. The van der Waals surface area contributed by atoms with Crippen molar-refractivity contribution in [3.8, 4) is 51.2 Å². The van der Waals surface area contributed by atoms with E-state index in [1.54, 1.807) is 12.4 Å². The Morgan fingerprint density at radius 3 is 1.47 bits per heavy atom. The maximum absolute atomic E-state index is 6.53. The second-order valence-electron chi connectivity index (χ2n) is 13.1. The van der Waals surface area contributed by atoms with Crippen molar-refractivity contribution in [3.63, 3.8) is 0 Å². The molecule has 0 spiro atoms. The minimum absolute atomic E-state index is 0.138. The predicted octanol–water partition coefficient (Wildman–Crippen LogP) is 8.70. The molecule has 0 fully saturated rings. The Morgan fingerprint density at radius 2 is 0.980 bits per heavy atom. The van der Waals surface area contributed by atoms with E-state index >= 15 is 0 Å². The van der Waals surface area contributed by atoms with Gasteiger partial charge in [0.05, 0.1) is 23.4 Å². The van der Waals surface area contributed by atoms with Gasteiger partial charge in [-0.05, 0) is 93.0 Å². The zero-order valence-electron chi connectivity index (χ0n) is 27.5. The fourth-order valence-corrected chi connectivity index (χ4v) is 8.15. The van der Waals surface area contributed by atoms with Crippen molar-refractivity contribution in [2.75, 3.05) is 13.1 Å². The molecule has 246 valence electrons. The van der Waals surface area contributed by atoms with E-state index in [9.17, 15) is 0 Å². The van der Waals surface area contributed by atoms with Crippen LogP contribution < -0.4 is 20.9 Å². The summed E-state index contributed by atoms with van der Waals surface area (Å²) in [6.07, 6.45) is 3.22. The second-order valence-corrected chi connectivity index (χ2v) is 13.1. The van der Waals surface area contributed by atoms with Gasteiger partial charge in [0.25, 0.3) is 5.95 Å². The van der Waals surface area contributed by atoms with Gasteiger partial charge in [-0.2, -0.15) is 5.10 Å². The first-order valence-electron chi connectivity index (χ1n) is 17.1. The van der Waals surface area contributed by atoms with Gasteiger partial charge in [-0.25, -0.2) is 4.98 Å². The van der Waals surface area contributed by atoms with Crippen molar-refractivity contribution in [1.29, 1.82) is 0 Å². The van der Waals surface area contributed by atoms with Gasteiger partial charge in [0, 0.05) is 47.8 Å². The minimum atomic E-state index is 0.138. The molecule has 8 heteroatoms. The summed E-state index contributed by atoms with van der Waals surface area (Å²) in [6, 6.07) is 41.7. The third-order valence-corrected chi connectivity index (χ3v) is 10.4. The van der Waals surface area contributed by atoms with Crippen LogP contribution in [0.1, 0.15) is 34.1 Å². The number of ether oxygens (including phenoxy) is 2. The molecule has 2 aliphatic rings. The van der Waals surface area contributed by atoms with Crippen molar-refractivity contribution < 1.29 is 9.47 Å². The lowest BCUT2D eigenvalue weighted by molar-refractivity contribution is 0.482. The first kappa shape index (κ1) is 29.6. The maximum Gasteiger partial charge on any atom is 0.254 e. The van der Waals surface area contributed by atoms with Gasteiger partial charge < -0.3 is 20.9 Å². The summed E-state index contributed by atoms with van der Waals surface area (Å²) in [4.78, 5) is 4.59. The molecule has 2 atom stereocenters. The molecule has 0 saturated carbocycles. The molecule has 2 unspecified atom stereocenters. The maximum atomic E-state index is 6.53. The van der Waals surface area contributed by atoms with Gasteiger partial charge in [-0.3, -0.25) is 4.57 Å². The highest BCUT2D eigenvalue weighted by Gasteiger charge is 2.29. The average molecular weight is 665 g/mol. The van der Waals surface area contributed by atoms with Crippen LogP contribution in [-0.4, -0.2) is 32.8 Å². The Labute approximate surface area is 293 Å². The molecular formula is C43H32N6O2. The van der Waals surface area contributed by atoms with Crippen LogP contribution in [0.2, 0.25) is 0 Å². The van der Waals surface area contributed by atoms with Crippen LogP contribution in [-0.2, 0) is 0 Å². The minimum Gasteiger partial charge on any atom is -0.457 e. The normalized spacial score (nSPS) is 15.4. The molecule has 2 aromatic heterocycles. The lowest BCUT2D eigenvalue weighted by atomic mass is 9.97. The number of aromatic nitrogens is 4. The third kappa shape index (κ3) is 4.65. The molecule has 8 aromatic rings. The molecule has 2 aliphatic carbocycles. The smallest absolute Gasteiger partial charge is 0.254 e. The van der Waals surface area contributed by atoms with Crippen LogP contribution in [0, 0.1) is 0 Å². The number of benzene rings is 6. The van der Waals surface area contributed by atoms with Crippen LogP contribution in [0.5, 0.6) is 23.0 Å². The highest BCUT2D eigenvalue weighted by atomic mass is 16.5. The van der Waals surface area contributed by atoms with Gasteiger partial charge in [-0.1, -0.05) is 60.7 Å². The predicted molar refractivity (Wildman–Crippen MR) is 200 cm³/mol. The molecule has 0 amide bonds. The average Bonchev–Trinajstić information content (AvgIpc) is 3.79. The molecular weight excluding hydrogens is 633 g/mol. The van der Waals surface area contributed by atoms with Crippen molar-refractivity contribution >= 4 is 21.8 Å². The zero-order valence-corrected chi connectivity index (χ0v) is 27.5. The molecule has 4 N–H and O–H groups in total. The second kappa shape index (κ2) is 11.6. The van der Waals surface area contributed by atoms with E-state index in [0.717, 1.165) is 33.3 Å². The molecule has 51 heavy (non-hydrogen) atoms. The van der Waals surface area contributed by atoms with E-state index in [1.807, 2.05) is 41.0 Å². The van der Waals surface area contributed by atoms with Crippen LogP contribution in [0.15, 0.2) is 134 Å². The summed E-state index contributed by atoms with van der Waals surface area (Å²) in [7, 11) is 0. The monoisotopic (exact) mass is 664 g/mol. The quantitative estimate of drug-likeness (QED) is 0.175. The molecule has 0 aliphatic heterocycles. The van der Waals surface area contributed by atoms with E-state index in [2.05, 4.69) is 100 Å². The number of rotatable bonds is 7. The van der Waals surface area contributed by atoms with E-state index in [-0.39, 0.29) is 11.8 Å². The topological polar surface area (TPSA) is 114 Å². The summed E-state index contributed by atoms with van der Waals surface area (Å²) in [5.74, 6) is 3.63. The van der Waals surface area contributed by atoms with Crippen molar-refractivity contribution in [1.82, 2.24) is 19.7 Å².